The molecular weight excluding hydrogens is 333 g/mol. The van der Waals surface area contributed by atoms with Crippen LogP contribution in [0, 0.1) is 22.9 Å². The first kappa shape index (κ1) is 20.3. The molecule has 0 spiro atoms. The molecule has 25 heavy (non-hydrogen) atoms. The molecule has 0 saturated heterocycles. The van der Waals surface area contributed by atoms with Crippen LogP contribution in [0.15, 0.2) is 12.1 Å². The summed E-state index contributed by atoms with van der Waals surface area (Å²) in [6.07, 6.45) is -0.142. The number of amides is 2. The fourth-order valence-electron chi connectivity index (χ4n) is 1.88. The minimum absolute atomic E-state index is 0.122. The number of halogens is 1. The molecule has 8 nitrogen and oxygen atoms in total. The average molecular weight is 355 g/mol. The van der Waals surface area contributed by atoms with Crippen molar-refractivity contribution < 1.29 is 23.6 Å². The van der Waals surface area contributed by atoms with Gasteiger partial charge in [-0.25, -0.2) is 9.18 Å². The Balaban J connectivity index is 2.48. The minimum atomic E-state index is -0.814. The van der Waals surface area contributed by atoms with Crippen LogP contribution in [0.4, 0.5) is 14.9 Å². The summed E-state index contributed by atoms with van der Waals surface area (Å²) in [6, 6.07) is 1.99. The van der Waals surface area contributed by atoms with E-state index in [2.05, 4.69) is 10.6 Å². The van der Waals surface area contributed by atoms with Gasteiger partial charge in [0.05, 0.1) is 10.5 Å². The largest absolute Gasteiger partial charge is 0.444 e. The van der Waals surface area contributed by atoms with E-state index in [4.69, 9.17) is 4.74 Å². The van der Waals surface area contributed by atoms with Crippen molar-refractivity contribution in [2.75, 3.05) is 13.1 Å². The van der Waals surface area contributed by atoms with Gasteiger partial charge >= 0.3 is 6.09 Å². The summed E-state index contributed by atoms with van der Waals surface area (Å²) in [4.78, 5) is 33.5. The van der Waals surface area contributed by atoms with E-state index in [1.807, 2.05) is 0 Å². The second-order valence-electron chi connectivity index (χ2n) is 6.40. The van der Waals surface area contributed by atoms with Crippen molar-refractivity contribution in [3.05, 3.63) is 39.2 Å². The molecule has 0 fully saturated rings. The number of hydrogen-bond acceptors (Lipinski definition) is 5. The molecule has 1 rings (SSSR count). The van der Waals surface area contributed by atoms with Gasteiger partial charge in [-0.05, 0) is 40.2 Å². The van der Waals surface area contributed by atoms with E-state index in [0.29, 0.717) is 6.42 Å². The Hall–Kier alpha value is -2.71. The lowest BCUT2D eigenvalue weighted by atomic mass is 10.1. The van der Waals surface area contributed by atoms with E-state index < -0.39 is 34.0 Å². The van der Waals surface area contributed by atoms with Crippen molar-refractivity contribution in [2.24, 2.45) is 0 Å². The summed E-state index contributed by atoms with van der Waals surface area (Å²) in [6.45, 7) is 6.99. The zero-order valence-electron chi connectivity index (χ0n) is 14.6. The highest BCUT2D eigenvalue weighted by Crippen LogP contribution is 2.22. The Kier molecular flexibility index (Phi) is 6.84. The second kappa shape index (κ2) is 8.41. The number of hydrogen-bond donors (Lipinski definition) is 2. The van der Waals surface area contributed by atoms with Gasteiger partial charge in [0.1, 0.15) is 11.4 Å². The Morgan fingerprint density at radius 3 is 2.40 bits per heavy atom. The normalized spacial score (nSPS) is 10.9. The Bertz CT molecular complexity index is 670. The Morgan fingerprint density at radius 1 is 1.24 bits per heavy atom. The topological polar surface area (TPSA) is 111 Å². The van der Waals surface area contributed by atoms with Crippen molar-refractivity contribution >= 4 is 17.7 Å². The van der Waals surface area contributed by atoms with Gasteiger partial charge in [0.15, 0.2) is 0 Å². The minimum Gasteiger partial charge on any atom is -0.444 e. The third-order valence-corrected chi connectivity index (χ3v) is 3.08. The second-order valence-corrected chi connectivity index (χ2v) is 6.40. The summed E-state index contributed by atoms with van der Waals surface area (Å²) >= 11 is 0. The Labute approximate surface area is 144 Å². The molecule has 0 radical (unpaired) electrons. The summed E-state index contributed by atoms with van der Waals surface area (Å²) in [5.74, 6) is -1.44. The molecule has 0 aromatic heterocycles. The van der Waals surface area contributed by atoms with Crippen LogP contribution in [0.5, 0.6) is 0 Å². The maximum Gasteiger partial charge on any atom is 0.407 e. The average Bonchev–Trinajstić information content (AvgIpc) is 2.47. The number of nitro groups is 1. The molecule has 0 aliphatic heterocycles. The number of carbonyl (C=O) groups is 2. The lowest BCUT2D eigenvalue weighted by Crippen LogP contribution is -2.34. The van der Waals surface area contributed by atoms with E-state index in [1.165, 1.54) is 6.92 Å². The van der Waals surface area contributed by atoms with Crippen molar-refractivity contribution in [1.29, 1.82) is 0 Å². The summed E-state index contributed by atoms with van der Waals surface area (Å²) in [7, 11) is 0. The maximum absolute atomic E-state index is 13.7. The van der Waals surface area contributed by atoms with Crippen molar-refractivity contribution in [2.45, 2.75) is 39.7 Å². The first-order chi connectivity index (χ1) is 11.5. The lowest BCUT2D eigenvalue weighted by molar-refractivity contribution is -0.385. The molecule has 2 amide bonds. The van der Waals surface area contributed by atoms with Crippen LogP contribution in [0.3, 0.4) is 0 Å². The summed E-state index contributed by atoms with van der Waals surface area (Å²) in [5, 5.41) is 15.9. The van der Waals surface area contributed by atoms with Crippen LogP contribution >= 0.6 is 0 Å². The zero-order chi connectivity index (χ0) is 19.2. The van der Waals surface area contributed by atoms with Gasteiger partial charge in [-0.15, -0.1) is 0 Å². The standard InChI is InChI=1S/C16H22FN3O5/c1-10-12(17)8-11(9-13(10)20(23)24)14(21)18-6-5-7-19-15(22)25-16(2,3)4/h8-9H,5-7H2,1-4H3,(H,18,21)(H,19,22). The lowest BCUT2D eigenvalue weighted by Gasteiger charge is -2.19. The predicted octanol–water partition coefficient (Wildman–Crippen LogP) is 2.69. The predicted molar refractivity (Wildman–Crippen MR) is 89.0 cm³/mol. The zero-order valence-corrected chi connectivity index (χ0v) is 14.6. The number of carbonyl (C=O) groups excluding carboxylic acids is 2. The number of nitro benzene ring substituents is 1. The summed E-state index contributed by atoms with van der Waals surface area (Å²) < 4.78 is 18.7. The number of ether oxygens (including phenoxy) is 1. The van der Waals surface area contributed by atoms with Gasteiger partial charge < -0.3 is 15.4 Å². The third kappa shape index (κ3) is 6.74. The van der Waals surface area contributed by atoms with Gasteiger partial charge in [-0.3, -0.25) is 14.9 Å². The van der Waals surface area contributed by atoms with Crippen LogP contribution in [-0.2, 0) is 4.74 Å². The maximum atomic E-state index is 13.7. The highest BCUT2D eigenvalue weighted by molar-refractivity contribution is 5.95. The molecule has 0 unspecified atom stereocenters. The van der Waals surface area contributed by atoms with Crippen molar-refractivity contribution in [1.82, 2.24) is 10.6 Å². The molecular formula is C16H22FN3O5. The number of benzene rings is 1. The van der Waals surface area contributed by atoms with E-state index in [-0.39, 0.29) is 24.2 Å². The van der Waals surface area contributed by atoms with Crippen LogP contribution in [-0.4, -0.2) is 35.6 Å². The van der Waals surface area contributed by atoms with Crippen molar-refractivity contribution in [3.63, 3.8) is 0 Å². The molecule has 0 bridgehead atoms. The third-order valence-electron chi connectivity index (χ3n) is 3.08. The molecule has 0 aliphatic rings. The van der Waals surface area contributed by atoms with Crippen molar-refractivity contribution in [3.8, 4) is 0 Å². The van der Waals surface area contributed by atoms with Crippen LogP contribution in [0.2, 0.25) is 0 Å². The molecule has 1 aromatic rings. The molecule has 9 heteroatoms. The van der Waals surface area contributed by atoms with E-state index in [9.17, 15) is 24.1 Å². The van der Waals surface area contributed by atoms with Gasteiger partial charge in [0.2, 0.25) is 0 Å². The molecule has 0 aliphatic carbocycles. The number of nitrogens with zero attached hydrogens (tertiary/aromatic N) is 1. The van der Waals surface area contributed by atoms with E-state index >= 15 is 0 Å². The highest BCUT2D eigenvalue weighted by atomic mass is 19.1. The SMILES string of the molecule is Cc1c(F)cc(C(=O)NCCCNC(=O)OC(C)(C)C)cc1[N+](=O)[O-]. The fourth-order valence-corrected chi connectivity index (χ4v) is 1.88. The quantitative estimate of drug-likeness (QED) is 0.463. The number of alkyl carbamates (subject to hydrolysis) is 1. The number of nitrogens with one attached hydrogen (secondary N) is 2. The van der Waals surface area contributed by atoms with Crippen LogP contribution in [0.1, 0.15) is 43.1 Å². The van der Waals surface area contributed by atoms with Gasteiger partial charge in [-0.2, -0.15) is 0 Å². The van der Waals surface area contributed by atoms with Gasteiger partial charge in [0.25, 0.3) is 11.6 Å². The van der Waals surface area contributed by atoms with Crippen LogP contribution in [0.25, 0.3) is 0 Å². The fraction of sp³-hybridized carbons (Fsp3) is 0.500. The van der Waals surface area contributed by atoms with Crippen LogP contribution < -0.4 is 10.6 Å². The molecule has 138 valence electrons. The first-order valence-electron chi connectivity index (χ1n) is 7.71. The van der Waals surface area contributed by atoms with Gasteiger partial charge in [0, 0.05) is 24.7 Å². The van der Waals surface area contributed by atoms with Gasteiger partial charge in [-0.1, -0.05) is 0 Å². The van der Waals surface area contributed by atoms with E-state index in [1.54, 1.807) is 20.8 Å². The molecule has 1 aromatic carbocycles. The molecule has 2 N–H and O–H groups in total. The smallest absolute Gasteiger partial charge is 0.407 e. The molecule has 0 atom stereocenters. The molecule has 0 saturated carbocycles. The molecule has 0 heterocycles. The first-order valence-corrected chi connectivity index (χ1v) is 7.71. The monoisotopic (exact) mass is 355 g/mol. The highest BCUT2D eigenvalue weighted by Gasteiger charge is 2.19. The number of rotatable bonds is 6. The Morgan fingerprint density at radius 2 is 1.84 bits per heavy atom. The van der Waals surface area contributed by atoms with E-state index in [0.717, 1.165) is 12.1 Å². The summed E-state index contributed by atoms with van der Waals surface area (Å²) in [5.41, 5.74) is -1.29.